The normalized spacial score (nSPS) is 19.4. The maximum absolute atomic E-state index is 13.1. The molecule has 34 heavy (non-hydrogen) atoms. The molecule has 3 aromatic rings. The van der Waals surface area contributed by atoms with Crippen molar-refractivity contribution in [2.24, 2.45) is 11.8 Å². The molecular formula is C22H26F3N7OS. The van der Waals surface area contributed by atoms with Gasteiger partial charge in [-0.15, -0.1) is 26.6 Å². The predicted octanol–water partition coefficient (Wildman–Crippen LogP) is 4.36. The molecule has 3 aromatic heterocycles. The third-order valence-electron chi connectivity index (χ3n) is 6.66. The first-order valence-electron chi connectivity index (χ1n) is 11.7. The molecule has 0 spiro atoms. The number of alkyl halides is 3. The molecule has 1 atom stereocenters. The zero-order valence-electron chi connectivity index (χ0n) is 18.8. The summed E-state index contributed by atoms with van der Waals surface area (Å²) in [6, 6.07) is 3.11. The lowest BCUT2D eigenvalue weighted by Gasteiger charge is -2.31. The van der Waals surface area contributed by atoms with E-state index < -0.39 is 12.0 Å². The highest BCUT2D eigenvalue weighted by Gasteiger charge is 2.38. The summed E-state index contributed by atoms with van der Waals surface area (Å²) >= 11 is 1.59. The van der Waals surface area contributed by atoms with Crippen LogP contribution in [0.15, 0.2) is 12.1 Å². The van der Waals surface area contributed by atoms with Crippen LogP contribution in [-0.4, -0.2) is 43.8 Å². The molecule has 1 amide bonds. The van der Waals surface area contributed by atoms with Crippen molar-refractivity contribution in [1.82, 2.24) is 24.8 Å². The number of hydrogen-bond acceptors (Lipinski definition) is 7. The van der Waals surface area contributed by atoms with E-state index >= 15 is 0 Å². The van der Waals surface area contributed by atoms with E-state index in [9.17, 15) is 18.0 Å². The number of piperidine rings is 1. The number of aromatic nitrogens is 5. The van der Waals surface area contributed by atoms with Crippen molar-refractivity contribution in [2.45, 2.75) is 58.0 Å². The molecule has 0 aromatic carbocycles. The van der Waals surface area contributed by atoms with Gasteiger partial charge in [-0.05, 0) is 50.2 Å². The largest absolute Gasteiger partial charge is 0.453 e. The number of anilines is 2. The van der Waals surface area contributed by atoms with Crippen LogP contribution >= 0.6 is 11.3 Å². The van der Waals surface area contributed by atoms with Gasteiger partial charge in [0.1, 0.15) is 5.82 Å². The fraction of sp³-hybridized carbons (Fsp3) is 0.591. The minimum absolute atomic E-state index is 0.0394. The molecule has 1 unspecified atom stereocenters. The lowest BCUT2D eigenvalue weighted by molar-refractivity contribution is -0.146. The SMILES string of the molecule is CCCC1CCc2nc(NC(=O)C3CCN(c4ccc5nnc(C(F)(F)F)n5n4)CC3)sc2C1. The van der Waals surface area contributed by atoms with Gasteiger partial charge >= 0.3 is 6.18 Å². The molecule has 1 aliphatic heterocycles. The highest BCUT2D eigenvalue weighted by molar-refractivity contribution is 7.15. The second-order valence-corrected chi connectivity index (χ2v) is 10.1. The van der Waals surface area contributed by atoms with Crippen LogP contribution in [0, 0.1) is 11.8 Å². The second-order valence-electron chi connectivity index (χ2n) is 9.02. The molecule has 4 heterocycles. The van der Waals surface area contributed by atoms with Crippen molar-refractivity contribution in [2.75, 3.05) is 23.3 Å². The summed E-state index contributed by atoms with van der Waals surface area (Å²) in [5.74, 6) is -0.243. The first kappa shape index (κ1) is 23.0. The molecule has 1 fully saturated rings. The van der Waals surface area contributed by atoms with Gasteiger partial charge in [0.2, 0.25) is 5.91 Å². The Morgan fingerprint density at radius 1 is 1.21 bits per heavy atom. The molecule has 1 N–H and O–H groups in total. The summed E-state index contributed by atoms with van der Waals surface area (Å²) < 4.78 is 40.2. The van der Waals surface area contributed by atoms with Crippen LogP contribution in [0.25, 0.3) is 5.65 Å². The number of hydrogen-bond donors (Lipinski definition) is 1. The van der Waals surface area contributed by atoms with E-state index in [0.29, 0.717) is 42.8 Å². The van der Waals surface area contributed by atoms with Gasteiger partial charge in [-0.3, -0.25) is 4.79 Å². The minimum atomic E-state index is -4.64. The van der Waals surface area contributed by atoms with E-state index in [2.05, 4.69) is 32.5 Å². The third-order valence-corrected chi connectivity index (χ3v) is 7.70. The van der Waals surface area contributed by atoms with Crippen molar-refractivity contribution < 1.29 is 18.0 Å². The summed E-state index contributed by atoms with van der Waals surface area (Å²) in [6.45, 7) is 3.25. The number of nitrogens with zero attached hydrogens (tertiary/aromatic N) is 6. The Morgan fingerprint density at radius 3 is 2.74 bits per heavy atom. The van der Waals surface area contributed by atoms with Gasteiger partial charge in [-0.25, -0.2) is 4.98 Å². The first-order chi connectivity index (χ1) is 16.3. The van der Waals surface area contributed by atoms with Crippen molar-refractivity contribution in [3.63, 3.8) is 0 Å². The number of halogens is 3. The fourth-order valence-corrected chi connectivity index (χ4v) is 5.98. The summed E-state index contributed by atoms with van der Waals surface area (Å²) in [5, 5.41) is 14.5. The van der Waals surface area contributed by atoms with Gasteiger partial charge in [0.15, 0.2) is 10.8 Å². The van der Waals surface area contributed by atoms with E-state index in [1.54, 1.807) is 17.4 Å². The smallest absolute Gasteiger partial charge is 0.355 e. The van der Waals surface area contributed by atoms with E-state index in [0.717, 1.165) is 29.5 Å². The lowest BCUT2D eigenvalue weighted by Crippen LogP contribution is -2.38. The summed E-state index contributed by atoms with van der Waals surface area (Å²) in [6.07, 6.45) is 2.14. The number of rotatable bonds is 5. The van der Waals surface area contributed by atoms with Gasteiger partial charge in [-0.2, -0.15) is 17.7 Å². The van der Waals surface area contributed by atoms with Crippen molar-refractivity contribution in [3.05, 3.63) is 28.5 Å². The van der Waals surface area contributed by atoms with Gasteiger partial charge in [-0.1, -0.05) is 19.8 Å². The fourth-order valence-electron chi connectivity index (χ4n) is 4.85. The van der Waals surface area contributed by atoms with Crippen LogP contribution < -0.4 is 10.2 Å². The van der Waals surface area contributed by atoms with Crippen LogP contribution in [0.4, 0.5) is 24.1 Å². The van der Waals surface area contributed by atoms with Gasteiger partial charge in [0.05, 0.1) is 5.69 Å². The maximum atomic E-state index is 13.1. The average molecular weight is 494 g/mol. The molecule has 1 aliphatic carbocycles. The maximum Gasteiger partial charge on any atom is 0.453 e. The number of carbonyl (C=O) groups excluding carboxylic acids is 1. The van der Waals surface area contributed by atoms with E-state index in [4.69, 9.17) is 0 Å². The average Bonchev–Trinajstić information content (AvgIpc) is 3.42. The highest BCUT2D eigenvalue weighted by Crippen LogP contribution is 2.35. The van der Waals surface area contributed by atoms with Gasteiger partial charge in [0, 0.05) is 23.9 Å². The second kappa shape index (κ2) is 9.12. The van der Waals surface area contributed by atoms with Crippen LogP contribution in [-0.2, 0) is 23.8 Å². The Hall–Kier alpha value is -2.76. The molecule has 0 radical (unpaired) electrons. The Balaban J connectivity index is 1.20. The van der Waals surface area contributed by atoms with E-state index in [1.165, 1.54) is 23.8 Å². The predicted molar refractivity (Wildman–Crippen MR) is 122 cm³/mol. The van der Waals surface area contributed by atoms with Crippen LogP contribution in [0.5, 0.6) is 0 Å². The highest BCUT2D eigenvalue weighted by atomic mass is 32.1. The molecule has 8 nitrogen and oxygen atoms in total. The molecule has 2 aliphatic rings. The van der Waals surface area contributed by atoms with E-state index in [-0.39, 0.29) is 17.5 Å². The molecule has 182 valence electrons. The number of aryl methyl sites for hydroxylation is 1. The monoisotopic (exact) mass is 493 g/mol. The van der Waals surface area contributed by atoms with Crippen LogP contribution in [0.3, 0.4) is 0 Å². The Bertz CT molecular complexity index is 1180. The van der Waals surface area contributed by atoms with Crippen LogP contribution in [0.2, 0.25) is 0 Å². The number of carbonyl (C=O) groups is 1. The minimum Gasteiger partial charge on any atom is -0.355 e. The molecule has 1 saturated heterocycles. The van der Waals surface area contributed by atoms with Crippen LogP contribution in [0.1, 0.15) is 55.4 Å². The molecule has 12 heteroatoms. The molecule has 0 saturated carbocycles. The Labute approximate surface area is 198 Å². The molecule has 5 rings (SSSR count). The molecule has 0 bridgehead atoms. The molecular weight excluding hydrogens is 467 g/mol. The Morgan fingerprint density at radius 2 is 2.00 bits per heavy atom. The van der Waals surface area contributed by atoms with Crippen molar-refractivity contribution >= 4 is 33.8 Å². The summed E-state index contributed by atoms with van der Waals surface area (Å²) in [5.41, 5.74) is 1.16. The quantitative estimate of drug-likeness (QED) is 0.568. The van der Waals surface area contributed by atoms with Crippen molar-refractivity contribution in [3.8, 4) is 0 Å². The van der Waals surface area contributed by atoms with Gasteiger partial charge in [0.25, 0.3) is 5.82 Å². The topological polar surface area (TPSA) is 88.3 Å². The zero-order valence-corrected chi connectivity index (χ0v) is 19.6. The number of fused-ring (bicyclic) bond motifs is 2. The zero-order chi connectivity index (χ0) is 23.9. The first-order valence-corrected chi connectivity index (χ1v) is 12.5. The summed E-state index contributed by atoms with van der Waals surface area (Å²) in [4.78, 5) is 20.7. The number of nitrogens with one attached hydrogen (secondary N) is 1. The standard InChI is InChI=1S/C22H26F3N7OS/c1-2-3-13-4-5-15-16(12-13)34-21(26-15)27-19(33)14-8-10-31(11-9-14)18-7-6-17-28-29-20(22(23,24)25)32(17)30-18/h6-7,13-14H,2-5,8-12H2,1H3,(H,26,27,33). The number of amides is 1. The summed E-state index contributed by atoms with van der Waals surface area (Å²) in [7, 11) is 0. The number of thiazole rings is 1. The third kappa shape index (κ3) is 4.59. The van der Waals surface area contributed by atoms with Gasteiger partial charge < -0.3 is 10.2 Å². The lowest BCUT2D eigenvalue weighted by atomic mass is 9.88. The van der Waals surface area contributed by atoms with E-state index in [1.807, 2.05) is 4.90 Å². The van der Waals surface area contributed by atoms with Crippen molar-refractivity contribution in [1.29, 1.82) is 0 Å². The Kier molecular flexibility index (Phi) is 6.17.